The van der Waals surface area contributed by atoms with Crippen LogP contribution in [0.25, 0.3) is 6.08 Å². The number of carbonyl (C=O) groups is 1. The quantitative estimate of drug-likeness (QED) is 0.621. The van der Waals surface area contributed by atoms with E-state index in [0.29, 0.717) is 11.3 Å². The first-order chi connectivity index (χ1) is 13.4. The smallest absolute Gasteiger partial charge is 0.263 e. The average molecular weight is 397 g/mol. The molecule has 0 unspecified atom stereocenters. The van der Waals surface area contributed by atoms with Crippen molar-refractivity contribution < 1.29 is 17.6 Å². The summed E-state index contributed by atoms with van der Waals surface area (Å²) in [6, 6.07) is 16.3. The van der Waals surface area contributed by atoms with Gasteiger partial charge in [-0.2, -0.15) is 0 Å². The highest BCUT2D eigenvalue weighted by Gasteiger charge is 2.14. The zero-order chi connectivity index (χ0) is 20.0. The minimum absolute atomic E-state index is 0.0398. The normalized spacial score (nSPS) is 11.3. The summed E-state index contributed by atoms with van der Waals surface area (Å²) in [6.45, 7) is 0. The van der Waals surface area contributed by atoms with Crippen LogP contribution < -0.4 is 10.0 Å². The van der Waals surface area contributed by atoms with E-state index in [1.807, 2.05) is 0 Å². The summed E-state index contributed by atoms with van der Waals surface area (Å²) in [5.74, 6) is -0.536. The highest BCUT2D eigenvalue weighted by atomic mass is 32.2. The summed E-state index contributed by atoms with van der Waals surface area (Å²) in [6.07, 6.45) is 4.33. The first-order valence-electron chi connectivity index (χ1n) is 8.21. The van der Waals surface area contributed by atoms with Crippen molar-refractivity contribution in [3.63, 3.8) is 0 Å². The van der Waals surface area contributed by atoms with Gasteiger partial charge in [0.25, 0.3) is 10.0 Å². The maximum Gasteiger partial charge on any atom is 0.263 e. The molecule has 0 radical (unpaired) electrons. The van der Waals surface area contributed by atoms with Crippen LogP contribution in [0.15, 0.2) is 83.9 Å². The maximum absolute atomic E-state index is 12.9. The van der Waals surface area contributed by atoms with Crippen LogP contribution in [0.3, 0.4) is 0 Å². The average Bonchev–Trinajstić information content (AvgIpc) is 2.68. The van der Waals surface area contributed by atoms with Crippen molar-refractivity contribution in [3.8, 4) is 0 Å². The predicted molar refractivity (Wildman–Crippen MR) is 106 cm³/mol. The van der Waals surface area contributed by atoms with Gasteiger partial charge in [-0.05, 0) is 60.2 Å². The second-order valence-electron chi connectivity index (χ2n) is 5.72. The third kappa shape index (κ3) is 5.24. The topological polar surface area (TPSA) is 88.2 Å². The van der Waals surface area contributed by atoms with E-state index in [9.17, 15) is 17.6 Å². The van der Waals surface area contributed by atoms with Crippen LogP contribution in [0, 0.1) is 5.82 Å². The Morgan fingerprint density at radius 2 is 1.68 bits per heavy atom. The molecule has 8 heteroatoms. The van der Waals surface area contributed by atoms with Crippen LogP contribution in [0.1, 0.15) is 5.56 Å². The molecular weight excluding hydrogens is 381 g/mol. The SMILES string of the molecule is O=C(/C=C/c1ccc(F)cc1)Nc1ccc(S(=O)(=O)Nc2ccccn2)cc1. The number of rotatable bonds is 6. The molecule has 3 rings (SSSR count). The number of nitrogens with zero attached hydrogens (tertiary/aromatic N) is 1. The fraction of sp³-hybridized carbons (Fsp3) is 0. The van der Waals surface area contributed by atoms with Gasteiger partial charge < -0.3 is 5.32 Å². The van der Waals surface area contributed by atoms with E-state index < -0.39 is 15.9 Å². The standard InChI is InChI=1S/C20H16FN3O3S/c21-16-7-4-15(5-8-16)6-13-20(25)23-17-9-11-18(12-10-17)28(26,27)24-19-3-1-2-14-22-19/h1-14H,(H,22,24)(H,23,25)/b13-6+. The summed E-state index contributed by atoms with van der Waals surface area (Å²) in [5, 5.41) is 2.62. The molecule has 0 saturated carbocycles. The van der Waals surface area contributed by atoms with Gasteiger partial charge in [-0.3, -0.25) is 9.52 Å². The maximum atomic E-state index is 12.9. The molecule has 28 heavy (non-hydrogen) atoms. The lowest BCUT2D eigenvalue weighted by Crippen LogP contribution is -2.14. The minimum Gasteiger partial charge on any atom is -0.323 e. The number of amides is 1. The molecule has 2 N–H and O–H groups in total. The summed E-state index contributed by atoms with van der Waals surface area (Å²) >= 11 is 0. The molecule has 142 valence electrons. The van der Waals surface area contributed by atoms with Crippen molar-refractivity contribution in [1.29, 1.82) is 0 Å². The van der Waals surface area contributed by atoms with Gasteiger partial charge in [0.15, 0.2) is 0 Å². The van der Waals surface area contributed by atoms with Crippen molar-refractivity contribution in [2.45, 2.75) is 4.90 Å². The van der Waals surface area contributed by atoms with Gasteiger partial charge in [-0.15, -0.1) is 0 Å². The molecule has 0 spiro atoms. The summed E-state index contributed by atoms with van der Waals surface area (Å²) in [5.41, 5.74) is 1.11. The van der Waals surface area contributed by atoms with E-state index >= 15 is 0 Å². The molecule has 2 aromatic carbocycles. The fourth-order valence-corrected chi connectivity index (χ4v) is 3.28. The van der Waals surface area contributed by atoms with Gasteiger partial charge in [0, 0.05) is 18.0 Å². The van der Waals surface area contributed by atoms with Crippen LogP contribution in [-0.2, 0) is 14.8 Å². The zero-order valence-electron chi connectivity index (χ0n) is 14.5. The van der Waals surface area contributed by atoms with Crippen LogP contribution in [0.4, 0.5) is 15.9 Å². The van der Waals surface area contributed by atoms with Crippen molar-refractivity contribution in [2.75, 3.05) is 10.0 Å². The summed E-state index contributed by atoms with van der Waals surface area (Å²) < 4.78 is 39.9. The molecular formula is C20H16FN3O3S. The first-order valence-corrected chi connectivity index (χ1v) is 9.69. The number of nitrogens with one attached hydrogen (secondary N) is 2. The molecule has 3 aromatic rings. The van der Waals surface area contributed by atoms with Crippen molar-refractivity contribution in [2.24, 2.45) is 0 Å². The van der Waals surface area contributed by atoms with Gasteiger partial charge in [-0.1, -0.05) is 18.2 Å². The summed E-state index contributed by atoms with van der Waals surface area (Å²) in [7, 11) is -3.78. The van der Waals surface area contributed by atoms with Crippen LogP contribution in [-0.4, -0.2) is 19.3 Å². The molecule has 0 atom stereocenters. The molecule has 0 fully saturated rings. The number of benzene rings is 2. The summed E-state index contributed by atoms with van der Waals surface area (Å²) in [4.78, 5) is 15.9. The monoisotopic (exact) mass is 397 g/mol. The van der Waals surface area contributed by atoms with Crippen LogP contribution in [0.5, 0.6) is 0 Å². The third-order valence-corrected chi connectivity index (χ3v) is 5.00. The van der Waals surface area contributed by atoms with Crippen molar-refractivity contribution in [1.82, 2.24) is 4.98 Å². The molecule has 0 aliphatic carbocycles. The van der Waals surface area contributed by atoms with Gasteiger partial charge in [-0.25, -0.2) is 17.8 Å². The lowest BCUT2D eigenvalue weighted by molar-refractivity contribution is -0.111. The highest BCUT2D eigenvalue weighted by molar-refractivity contribution is 7.92. The Morgan fingerprint density at radius 3 is 2.32 bits per heavy atom. The van der Waals surface area contributed by atoms with E-state index in [2.05, 4.69) is 15.0 Å². The Morgan fingerprint density at radius 1 is 0.964 bits per heavy atom. The molecule has 0 aliphatic heterocycles. The molecule has 6 nitrogen and oxygen atoms in total. The molecule has 0 aliphatic rings. The number of aromatic nitrogens is 1. The number of pyridine rings is 1. The van der Waals surface area contributed by atoms with Crippen molar-refractivity contribution >= 4 is 33.5 Å². The van der Waals surface area contributed by atoms with Crippen molar-refractivity contribution in [3.05, 3.63) is 90.4 Å². The number of carbonyl (C=O) groups excluding carboxylic acids is 1. The lowest BCUT2D eigenvalue weighted by atomic mass is 10.2. The van der Waals surface area contributed by atoms with Gasteiger partial charge in [0.2, 0.25) is 5.91 Å². The second kappa shape index (κ2) is 8.45. The third-order valence-electron chi connectivity index (χ3n) is 3.63. The number of hydrogen-bond acceptors (Lipinski definition) is 4. The van der Waals surface area contributed by atoms with E-state index in [1.165, 1.54) is 48.7 Å². The van der Waals surface area contributed by atoms with Gasteiger partial charge in [0.05, 0.1) is 4.90 Å². The Bertz CT molecular complexity index is 1080. The van der Waals surface area contributed by atoms with Gasteiger partial charge in [0.1, 0.15) is 11.6 Å². The first kappa shape index (κ1) is 19.2. The van der Waals surface area contributed by atoms with E-state index in [0.717, 1.165) is 0 Å². The lowest BCUT2D eigenvalue weighted by Gasteiger charge is -2.08. The highest BCUT2D eigenvalue weighted by Crippen LogP contribution is 2.17. The number of hydrogen-bond donors (Lipinski definition) is 2. The molecule has 1 heterocycles. The van der Waals surface area contributed by atoms with E-state index in [-0.39, 0.29) is 16.5 Å². The minimum atomic E-state index is -3.78. The Labute approximate surface area is 161 Å². The Kier molecular flexibility index (Phi) is 5.81. The Balaban J connectivity index is 1.63. The zero-order valence-corrected chi connectivity index (χ0v) is 15.4. The second-order valence-corrected chi connectivity index (χ2v) is 7.40. The number of anilines is 2. The fourth-order valence-electron chi connectivity index (χ4n) is 2.27. The largest absolute Gasteiger partial charge is 0.323 e. The van der Waals surface area contributed by atoms with Crippen LogP contribution >= 0.6 is 0 Å². The number of sulfonamides is 1. The van der Waals surface area contributed by atoms with E-state index in [4.69, 9.17) is 0 Å². The van der Waals surface area contributed by atoms with E-state index in [1.54, 1.807) is 36.4 Å². The molecule has 0 bridgehead atoms. The predicted octanol–water partition coefficient (Wildman–Crippen LogP) is 3.67. The van der Waals surface area contributed by atoms with Gasteiger partial charge >= 0.3 is 0 Å². The molecule has 1 aromatic heterocycles. The molecule has 0 saturated heterocycles. The molecule has 1 amide bonds. The van der Waals surface area contributed by atoms with Crippen LogP contribution in [0.2, 0.25) is 0 Å². The number of halogens is 1. The Hall–Kier alpha value is -3.52.